The monoisotopic (exact) mass is 364 g/mol. The predicted molar refractivity (Wildman–Crippen MR) is 90.7 cm³/mol. The van der Waals surface area contributed by atoms with E-state index in [4.69, 9.17) is 15.8 Å². The molecule has 2 amide bonds. The van der Waals surface area contributed by atoms with Gasteiger partial charge in [0.1, 0.15) is 10.6 Å². The Morgan fingerprint density at radius 1 is 1.04 bits per heavy atom. The minimum Gasteiger partial charge on any atom is -0.379 e. The summed E-state index contributed by atoms with van der Waals surface area (Å²) < 4.78 is 29.6. The summed E-state index contributed by atoms with van der Waals surface area (Å²) in [7, 11) is -3.97. The van der Waals surface area contributed by atoms with Crippen LogP contribution in [-0.2, 0) is 10.1 Å². The predicted octanol–water partition coefficient (Wildman–Crippen LogP) is 3.15. The minimum absolute atomic E-state index is 0.0115. The Bertz CT molecular complexity index is 877. The zero-order valence-corrected chi connectivity index (χ0v) is 13.9. The molecule has 124 valence electrons. The molecule has 1 aliphatic heterocycles. The van der Waals surface area contributed by atoms with Gasteiger partial charge in [-0.2, -0.15) is 8.42 Å². The number of rotatable bonds is 4. The van der Waals surface area contributed by atoms with Crippen molar-refractivity contribution in [3.05, 3.63) is 65.8 Å². The highest BCUT2D eigenvalue weighted by molar-refractivity contribution is 7.87. The standard InChI is InChI=1S/C16H13ClN2O4S/c17-12-2-6-14(7-3-12)23-24(21,22)15-8-4-13(5-9-15)19-11-1-10-18-16(19)20/h1-9,11H,10H2,(H,18,20). The zero-order chi connectivity index (χ0) is 17.2. The number of hydrogen-bond donors (Lipinski definition) is 1. The van der Waals surface area contributed by atoms with E-state index in [9.17, 15) is 13.2 Å². The summed E-state index contributed by atoms with van der Waals surface area (Å²) in [5.74, 6) is 0.168. The van der Waals surface area contributed by atoms with Crippen molar-refractivity contribution in [3.8, 4) is 5.75 Å². The molecule has 0 radical (unpaired) electrons. The Morgan fingerprint density at radius 2 is 1.71 bits per heavy atom. The Morgan fingerprint density at radius 3 is 2.33 bits per heavy atom. The molecule has 3 rings (SSSR count). The molecule has 6 nitrogen and oxygen atoms in total. The second-order valence-electron chi connectivity index (χ2n) is 4.93. The number of hydrogen-bond acceptors (Lipinski definition) is 4. The molecular weight excluding hydrogens is 352 g/mol. The lowest BCUT2D eigenvalue weighted by Crippen LogP contribution is -2.39. The van der Waals surface area contributed by atoms with Crippen molar-refractivity contribution in [2.45, 2.75) is 4.90 Å². The highest BCUT2D eigenvalue weighted by atomic mass is 35.5. The molecule has 0 bridgehead atoms. The van der Waals surface area contributed by atoms with Crippen molar-refractivity contribution in [3.63, 3.8) is 0 Å². The zero-order valence-electron chi connectivity index (χ0n) is 12.3. The maximum atomic E-state index is 12.3. The first-order valence-corrected chi connectivity index (χ1v) is 8.78. The number of nitrogens with zero attached hydrogens (tertiary/aromatic N) is 1. The second kappa shape index (κ2) is 6.54. The van der Waals surface area contributed by atoms with Crippen LogP contribution in [0, 0.1) is 0 Å². The molecule has 0 saturated heterocycles. The van der Waals surface area contributed by atoms with Crippen molar-refractivity contribution in [2.75, 3.05) is 11.4 Å². The summed E-state index contributed by atoms with van der Waals surface area (Å²) in [6.45, 7) is 0.469. The first kappa shape index (κ1) is 16.4. The molecule has 8 heteroatoms. The summed E-state index contributed by atoms with van der Waals surface area (Å²) in [5.41, 5.74) is 0.550. The molecule has 2 aromatic rings. The molecule has 1 N–H and O–H groups in total. The third-order valence-corrected chi connectivity index (χ3v) is 4.78. The molecule has 0 unspecified atom stereocenters. The van der Waals surface area contributed by atoms with E-state index >= 15 is 0 Å². The molecule has 2 aromatic carbocycles. The number of carbonyl (C=O) groups is 1. The first-order chi connectivity index (χ1) is 11.5. The molecule has 0 aromatic heterocycles. The first-order valence-electron chi connectivity index (χ1n) is 6.99. The van der Waals surface area contributed by atoms with Crippen LogP contribution in [-0.4, -0.2) is 21.0 Å². The topological polar surface area (TPSA) is 75.7 Å². The molecule has 0 fully saturated rings. The minimum atomic E-state index is -3.97. The van der Waals surface area contributed by atoms with Gasteiger partial charge in [-0.05, 0) is 54.6 Å². The van der Waals surface area contributed by atoms with E-state index in [1.165, 1.54) is 53.4 Å². The fraction of sp³-hybridized carbons (Fsp3) is 0.0625. The maximum Gasteiger partial charge on any atom is 0.339 e. The van der Waals surface area contributed by atoms with E-state index < -0.39 is 10.1 Å². The molecule has 1 aliphatic rings. The average molecular weight is 365 g/mol. The van der Waals surface area contributed by atoms with E-state index in [1.54, 1.807) is 12.3 Å². The van der Waals surface area contributed by atoms with Gasteiger partial charge in [0.2, 0.25) is 0 Å². The molecular formula is C16H13ClN2O4S. The number of nitrogens with one attached hydrogen (secondary N) is 1. The summed E-state index contributed by atoms with van der Waals surface area (Å²) in [6.07, 6.45) is 3.42. The Hall–Kier alpha value is -2.51. The molecule has 1 heterocycles. The molecule has 0 atom stereocenters. The lowest BCUT2D eigenvalue weighted by Gasteiger charge is -2.22. The van der Waals surface area contributed by atoms with Gasteiger partial charge < -0.3 is 9.50 Å². The normalized spacial score (nSPS) is 14.4. The van der Waals surface area contributed by atoms with Crippen LogP contribution in [0.4, 0.5) is 10.5 Å². The van der Waals surface area contributed by atoms with E-state index in [1.807, 2.05) is 0 Å². The van der Waals surface area contributed by atoms with Crippen LogP contribution in [0.1, 0.15) is 0 Å². The van der Waals surface area contributed by atoms with Crippen LogP contribution in [0.25, 0.3) is 0 Å². The third-order valence-electron chi connectivity index (χ3n) is 3.27. The van der Waals surface area contributed by atoms with Gasteiger partial charge >= 0.3 is 16.1 Å². The quantitative estimate of drug-likeness (QED) is 0.845. The lowest BCUT2D eigenvalue weighted by atomic mass is 10.3. The van der Waals surface area contributed by atoms with Crippen LogP contribution in [0.5, 0.6) is 5.75 Å². The number of halogens is 1. The number of urea groups is 1. The fourth-order valence-corrected chi connectivity index (χ4v) is 3.15. The number of amides is 2. The number of benzene rings is 2. The van der Waals surface area contributed by atoms with Crippen LogP contribution < -0.4 is 14.4 Å². The summed E-state index contributed by atoms with van der Waals surface area (Å²) >= 11 is 5.76. The smallest absolute Gasteiger partial charge is 0.339 e. The highest BCUT2D eigenvalue weighted by Crippen LogP contribution is 2.23. The van der Waals surface area contributed by atoms with Gasteiger partial charge in [-0.15, -0.1) is 0 Å². The van der Waals surface area contributed by atoms with Gasteiger partial charge in [-0.25, -0.2) is 4.79 Å². The van der Waals surface area contributed by atoms with Gasteiger partial charge in [-0.3, -0.25) is 4.90 Å². The molecule has 0 spiro atoms. The van der Waals surface area contributed by atoms with Crippen LogP contribution in [0.3, 0.4) is 0 Å². The molecule has 24 heavy (non-hydrogen) atoms. The van der Waals surface area contributed by atoms with Gasteiger partial charge in [0.05, 0.1) is 5.69 Å². The van der Waals surface area contributed by atoms with Crippen molar-refractivity contribution < 1.29 is 17.4 Å². The fourth-order valence-electron chi connectivity index (χ4n) is 2.10. The Labute approximate surface area is 144 Å². The molecule has 0 aliphatic carbocycles. The highest BCUT2D eigenvalue weighted by Gasteiger charge is 2.19. The van der Waals surface area contributed by atoms with Gasteiger partial charge in [0.25, 0.3) is 0 Å². The van der Waals surface area contributed by atoms with Crippen molar-refractivity contribution >= 4 is 33.4 Å². The van der Waals surface area contributed by atoms with Gasteiger partial charge in [-0.1, -0.05) is 11.6 Å². The number of anilines is 1. The molecule has 0 saturated carbocycles. The Kier molecular flexibility index (Phi) is 4.46. The number of carbonyl (C=O) groups excluding carboxylic acids is 1. The van der Waals surface area contributed by atoms with Crippen molar-refractivity contribution in [2.24, 2.45) is 0 Å². The van der Waals surface area contributed by atoms with Gasteiger partial charge in [0.15, 0.2) is 0 Å². The third kappa shape index (κ3) is 3.52. The van der Waals surface area contributed by atoms with Crippen LogP contribution in [0.2, 0.25) is 5.02 Å². The van der Waals surface area contributed by atoms with E-state index in [2.05, 4.69) is 5.32 Å². The van der Waals surface area contributed by atoms with E-state index in [0.717, 1.165) is 0 Å². The van der Waals surface area contributed by atoms with Crippen molar-refractivity contribution in [1.29, 1.82) is 0 Å². The van der Waals surface area contributed by atoms with Crippen LogP contribution >= 0.6 is 11.6 Å². The van der Waals surface area contributed by atoms with Gasteiger partial charge in [0, 0.05) is 17.8 Å². The van der Waals surface area contributed by atoms with Crippen molar-refractivity contribution in [1.82, 2.24) is 5.32 Å². The lowest BCUT2D eigenvalue weighted by molar-refractivity contribution is 0.248. The van der Waals surface area contributed by atoms with Crippen LogP contribution in [0.15, 0.2) is 65.7 Å². The average Bonchev–Trinajstić information content (AvgIpc) is 2.57. The summed E-state index contributed by atoms with van der Waals surface area (Å²) in [6, 6.07) is 11.6. The Balaban J connectivity index is 1.81. The van der Waals surface area contributed by atoms with E-state index in [0.29, 0.717) is 17.3 Å². The second-order valence-corrected chi connectivity index (χ2v) is 6.91. The summed E-state index contributed by atoms with van der Waals surface area (Å²) in [5, 5.41) is 3.14. The summed E-state index contributed by atoms with van der Waals surface area (Å²) in [4.78, 5) is 13.1. The largest absolute Gasteiger partial charge is 0.379 e. The van der Waals surface area contributed by atoms with E-state index in [-0.39, 0.29) is 16.7 Å². The SMILES string of the molecule is O=C1NCC=CN1c1ccc(S(=O)(=O)Oc2ccc(Cl)cc2)cc1. The maximum absolute atomic E-state index is 12.3.